The average molecular weight is 247 g/mol. The average Bonchev–Trinajstić information content (AvgIpc) is 2.39. The Morgan fingerprint density at radius 2 is 2.00 bits per heavy atom. The largest absolute Gasteiger partial charge is 0.317 e. The van der Waals surface area contributed by atoms with E-state index in [1.807, 2.05) is 12.4 Å². The highest BCUT2D eigenvalue weighted by atomic mass is 15.1. The van der Waals surface area contributed by atoms with Gasteiger partial charge in [-0.2, -0.15) is 0 Å². The van der Waals surface area contributed by atoms with E-state index in [1.165, 1.54) is 36.8 Å². The van der Waals surface area contributed by atoms with Gasteiger partial charge >= 0.3 is 0 Å². The van der Waals surface area contributed by atoms with Crippen molar-refractivity contribution in [1.29, 1.82) is 0 Å². The molecule has 100 valence electrons. The van der Waals surface area contributed by atoms with Gasteiger partial charge in [-0.1, -0.05) is 6.07 Å². The van der Waals surface area contributed by atoms with Crippen LogP contribution in [-0.4, -0.2) is 36.1 Å². The van der Waals surface area contributed by atoms with Crippen LogP contribution in [0.15, 0.2) is 18.5 Å². The topological polar surface area (TPSA) is 28.2 Å². The van der Waals surface area contributed by atoms with Gasteiger partial charge < -0.3 is 5.32 Å². The number of aryl methyl sites for hydroxylation is 1. The van der Waals surface area contributed by atoms with E-state index in [0.717, 1.165) is 18.6 Å². The van der Waals surface area contributed by atoms with Crippen LogP contribution in [0.4, 0.5) is 0 Å². The molecular weight excluding hydrogens is 222 g/mol. The third-order valence-electron chi connectivity index (χ3n) is 4.09. The zero-order valence-electron chi connectivity index (χ0n) is 11.8. The van der Waals surface area contributed by atoms with Gasteiger partial charge in [-0.25, -0.2) is 0 Å². The van der Waals surface area contributed by atoms with Gasteiger partial charge in [0.25, 0.3) is 0 Å². The molecule has 2 rings (SSSR count). The van der Waals surface area contributed by atoms with E-state index in [2.05, 4.69) is 42.3 Å². The Morgan fingerprint density at radius 3 is 2.61 bits per heavy atom. The fourth-order valence-corrected chi connectivity index (χ4v) is 2.93. The van der Waals surface area contributed by atoms with Crippen molar-refractivity contribution in [3.05, 3.63) is 29.6 Å². The molecule has 0 unspecified atom stereocenters. The van der Waals surface area contributed by atoms with E-state index < -0.39 is 0 Å². The Morgan fingerprint density at radius 1 is 1.28 bits per heavy atom. The molecule has 0 saturated heterocycles. The Balaban J connectivity index is 1.87. The normalized spacial score (nSPS) is 24.4. The lowest BCUT2D eigenvalue weighted by molar-refractivity contribution is 0.170. The summed E-state index contributed by atoms with van der Waals surface area (Å²) in [6.45, 7) is 3.12. The molecule has 3 heteroatoms. The second-order valence-electron chi connectivity index (χ2n) is 5.58. The third kappa shape index (κ3) is 3.53. The summed E-state index contributed by atoms with van der Waals surface area (Å²) in [5, 5.41) is 3.39. The number of aromatic nitrogens is 1. The van der Waals surface area contributed by atoms with Crippen molar-refractivity contribution in [2.75, 3.05) is 14.1 Å². The summed E-state index contributed by atoms with van der Waals surface area (Å²) in [5.41, 5.74) is 2.58. The monoisotopic (exact) mass is 247 g/mol. The molecule has 0 amide bonds. The van der Waals surface area contributed by atoms with E-state index >= 15 is 0 Å². The van der Waals surface area contributed by atoms with Crippen LogP contribution in [0.5, 0.6) is 0 Å². The molecule has 1 fully saturated rings. The minimum absolute atomic E-state index is 0.732. The van der Waals surface area contributed by atoms with Gasteiger partial charge in [-0.3, -0.25) is 9.88 Å². The molecule has 0 aliphatic heterocycles. The molecule has 0 radical (unpaired) electrons. The molecule has 0 aromatic carbocycles. The summed E-state index contributed by atoms with van der Waals surface area (Å²) >= 11 is 0. The standard InChI is InChI=1S/C15H25N3/c1-12-8-13(10-17-9-12)11-18(3)15-6-4-14(16-2)5-7-15/h8-10,14-16H,4-7,11H2,1-3H3. The predicted molar refractivity (Wildman–Crippen MR) is 75.5 cm³/mol. The number of nitrogens with zero attached hydrogens (tertiary/aromatic N) is 2. The van der Waals surface area contributed by atoms with Gasteiger partial charge in [-0.15, -0.1) is 0 Å². The molecule has 1 aliphatic rings. The van der Waals surface area contributed by atoms with Gasteiger partial charge in [0.05, 0.1) is 0 Å². The van der Waals surface area contributed by atoms with Gasteiger partial charge in [0, 0.05) is 31.0 Å². The zero-order valence-corrected chi connectivity index (χ0v) is 11.8. The summed E-state index contributed by atoms with van der Waals surface area (Å²) in [7, 11) is 4.32. The van der Waals surface area contributed by atoms with Gasteiger partial charge in [-0.05, 0) is 57.8 Å². The number of hydrogen-bond donors (Lipinski definition) is 1. The van der Waals surface area contributed by atoms with Gasteiger partial charge in [0.15, 0.2) is 0 Å². The number of hydrogen-bond acceptors (Lipinski definition) is 3. The van der Waals surface area contributed by atoms with Crippen molar-refractivity contribution in [2.24, 2.45) is 0 Å². The van der Waals surface area contributed by atoms with Crippen molar-refractivity contribution < 1.29 is 0 Å². The molecule has 3 nitrogen and oxygen atoms in total. The van der Waals surface area contributed by atoms with Crippen LogP contribution >= 0.6 is 0 Å². The summed E-state index contributed by atoms with van der Waals surface area (Å²) in [4.78, 5) is 6.76. The highest BCUT2D eigenvalue weighted by molar-refractivity contribution is 5.16. The first-order valence-electron chi connectivity index (χ1n) is 6.97. The van der Waals surface area contributed by atoms with E-state index in [0.29, 0.717) is 0 Å². The first kappa shape index (κ1) is 13.5. The third-order valence-corrected chi connectivity index (χ3v) is 4.09. The number of rotatable bonds is 4. The van der Waals surface area contributed by atoms with E-state index in [4.69, 9.17) is 0 Å². The SMILES string of the molecule is CNC1CCC(N(C)Cc2cncc(C)c2)CC1. The molecule has 1 heterocycles. The minimum Gasteiger partial charge on any atom is -0.317 e. The van der Waals surface area contributed by atoms with E-state index in [1.54, 1.807) is 0 Å². The lowest BCUT2D eigenvalue weighted by Gasteiger charge is -2.34. The maximum Gasteiger partial charge on any atom is 0.0313 e. The summed E-state index contributed by atoms with van der Waals surface area (Å²) in [6.07, 6.45) is 9.13. The first-order chi connectivity index (χ1) is 8.69. The molecule has 0 spiro atoms. The Hall–Kier alpha value is -0.930. The highest BCUT2D eigenvalue weighted by Gasteiger charge is 2.22. The Bertz CT molecular complexity index is 370. The van der Waals surface area contributed by atoms with Gasteiger partial charge in [0.2, 0.25) is 0 Å². The van der Waals surface area contributed by atoms with E-state index in [-0.39, 0.29) is 0 Å². The van der Waals surface area contributed by atoms with Crippen LogP contribution in [0.3, 0.4) is 0 Å². The fraction of sp³-hybridized carbons (Fsp3) is 0.667. The number of pyridine rings is 1. The van der Waals surface area contributed by atoms with Gasteiger partial charge in [0.1, 0.15) is 0 Å². The number of nitrogens with one attached hydrogen (secondary N) is 1. The smallest absolute Gasteiger partial charge is 0.0313 e. The first-order valence-corrected chi connectivity index (χ1v) is 6.97. The van der Waals surface area contributed by atoms with Crippen molar-refractivity contribution >= 4 is 0 Å². The van der Waals surface area contributed by atoms with Crippen molar-refractivity contribution in [1.82, 2.24) is 15.2 Å². The van der Waals surface area contributed by atoms with Crippen LogP contribution in [0.1, 0.15) is 36.8 Å². The maximum atomic E-state index is 4.27. The Labute approximate surface area is 111 Å². The molecule has 1 aromatic heterocycles. The lowest BCUT2D eigenvalue weighted by atomic mass is 9.90. The van der Waals surface area contributed by atoms with Crippen LogP contribution < -0.4 is 5.32 Å². The van der Waals surface area contributed by atoms with Crippen LogP contribution in [0, 0.1) is 6.92 Å². The van der Waals surface area contributed by atoms with Crippen molar-refractivity contribution in [3.63, 3.8) is 0 Å². The molecule has 0 bridgehead atoms. The summed E-state index contributed by atoms with van der Waals surface area (Å²) in [5.74, 6) is 0. The van der Waals surface area contributed by atoms with Crippen molar-refractivity contribution in [2.45, 2.75) is 51.2 Å². The molecule has 1 saturated carbocycles. The minimum atomic E-state index is 0.732. The van der Waals surface area contributed by atoms with Crippen LogP contribution in [-0.2, 0) is 6.54 Å². The second kappa shape index (κ2) is 6.30. The van der Waals surface area contributed by atoms with E-state index in [9.17, 15) is 0 Å². The molecular formula is C15H25N3. The summed E-state index contributed by atoms with van der Waals surface area (Å²) < 4.78 is 0. The predicted octanol–water partition coefficient (Wildman–Crippen LogP) is 2.35. The van der Waals surface area contributed by atoms with Crippen molar-refractivity contribution in [3.8, 4) is 0 Å². The second-order valence-corrected chi connectivity index (χ2v) is 5.58. The highest BCUT2D eigenvalue weighted by Crippen LogP contribution is 2.23. The fourth-order valence-electron chi connectivity index (χ4n) is 2.93. The Kier molecular flexibility index (Phi) is 4.72. The molecule has 1 N–H and O–H groups in total. The molecule has 0 atom stereocenters. The summed E-state index contributed by atoms with van der Waals surface area (Å²) in [6, 6.07) is 3.70. The quantitative estimate of drug-likeness (QED) is 0.885. The van der Waals surface area contributed by atoms with Crippen LogP contribution in [0.25, 0.3) is 0 Å². The zero-order chi connectivity index (χ0) is 13.0. The molecule has 1 aromatic rings. The lowest BCUT2D eigenvalue weighted by Crippen LogP contribution is -2.39. The van der Waals surface area contributed by atoms with Crippen LogP contribution in [0.2, 0.25) is 0 Å². The molecule has 1 aliphatic carbocycles. The molecule has 18 heavy (non-hydrogen) atoms. The maximum absolute atomic E-state index is 4.27.